The summed E-state index contributed by atoms with van der Waals surface area (Å²) in [5, 5.41) is 54.3. The van der Waals surface area contributed by atoms with Gasteiger partial charge in [0.25, 0.3) is 0 Å². The molecule has 1 aliphatic heterocycles. The van der Waals surface area contributed by atoms with Crippen LogP contribution in [0.3, 0.4) is 0 Å². The fourth-order valence-electron chi connectivity index (χ4n) is 7.83. The van der Waals surface area contributed by atoms with E-state index in [1.165, 1.54) is 116 Å². The highest BCUT2D eigenvalue weighted by atomic mass is 16.7. The maximum atomic E-state index is 13.0. The van der Waals surface area contributed by atoms with E-state index in [9.17, 15) is 30.3 Å². The molecule has 0 bridgehead atoms. The molecule has 9 heteroatoms. The second kappa shape index (κ2) is 42.8. The molecule has 0 aromatic heterocycles. The number of nitrogens with one attached hydrogen (secondary N) is 1. The zero-order valence-corrected chi connectivity index (χ0v) is 39.6. The van der Waals surface area contributed by atoms with E-state index < -0.39 is 49.5 Å². The Balaban J connectivity index is 2.16. The number of ether oxygens (including phenoxy) is 2. The van der Waals surface area contributed by atoms with Crippen molar-refractivity contribution >= 4 is 5.91 Å². The van der Waals surface area contributed by atoms with Crippen LogP contribution in [0.2, 0.25) is 0 Å². The predicted octanol–water partition coefficient (Wildman–Crippen LogP) is 11.6. The third kappa shape index (κ3) is 32.5. The molecule has 1 rings (SSSR count). The van der Waals surface area contributed by atoms with Gasteiger partial charge in [-0.15, -0.1) is 0 Å². The first-order chi connectivity index (χ1) is 30.3. The van der Waals surface area contributed by atoms with Crippen LogP contribution in [0.15, 0.2) is 60.8 Å². The predicted molar refractivity (Wildman–Crippen MR) is 258 cm³/mol. The minimum absolute atomic E-state index is 0.140. The molecule has 0 spiro atoms. The number of hydrogen-bond donors (Lipinski definition) is 6. The lowest BCUT2D eigenvalue weighted by molar-refractivity contribution is -0.302. The van der Waals surface area contributed by atoms with E-state index >= 15 is 0 Å². The average Bonchev–Trinajstić information content (AvgIpc) is 3.27. The van der Waals surface area contributed by atoms with Crippen LogP contribution in [0.5, 0.6) is 0 Å². The standard InChI is InChI=1S/C53H95NO8/c1-3-5-7-9-11-13-15-16-17-18-19-20-21-22-23-24-25-26-27-28-29-30-31-32-33-35-37-39-41-43-49(57)54-46(45-61-53-52(60)51(59)50(58)48(44-55)62-53)47(56)42-40-38-36-34-14-12-10-8-6-4-2/h5,7,11,13,16-17,19-20,22-23,46-48,50-53,55-56,58-60H,3-4,6,8-10,12,14-15,18,21,24-45H2,1-2H3,(H,54,57)/b7-5-,13-11-,17-16-,20-19-,23-22-. The molecular formula is C53H95NO8. The first-order valence-corrected chi connectivity index (χ1v) is 25.5. The van der Waals surface area contributed by atoms with Gasteiger partial charge in [-0.2, -0.15) is 0 Å². The topological polar surface area (TPSA) is 149 Å². The van der Waals surface area contributed by atoms with Gasteiger partial charge < -0.3 is 40.3 Å². The summed E-state index contributed by atoms with van der Waals surface area (Å²) < 4.78 is 11.2. The van der Waals surface area contributed by atoms with E-state index in [1.807, 2.05) is 0 Å². The van der Waals surface area contributed by atoms with Crippen LogP contribution in [0, 0.1) is 0 Å². The Morgan fingerprint density at radius 3 is 1.48 bits per heavy atom. The summed E-state index contributed by atoms with van der Waals surface area (Å²) in [7, 11) is 0. The molecule has 0 saturated carbocycles. The third-order valence-electron chi connectivity index (χ3n) is 11.9. The minimum atomic E-state index is -1.55. The van der Waals surface area contributed by atoms with E-state index in [0.29, 0.717) is 12.8 Å². The Morgan fingerprint density at radius 2 is 1.00 bits per heavy atom. The van der Waals surface area contributed by atoms with Crippen molar-refractivity contribution in [3.63, 3.8) is 0 Å². The molecule has 7 unspecified atom stereocenters. The Morgan fingerprint density at radius 1 is 0.565 bits per heavy atom. The lowest BCUT2D eigenvalue weighted by Gasteiger charge is -2.40. The first kappa shape index (κ1) is 57.9. The number of rotatable bonds is 42. The SMILES string of the molecule is CC/C=C\C/C=C\C/C=C\C/C=C\C/C=C\CCCCCCCCCCCCCCCC(=O)NC(COC1OC(CO)C(O)C(O)C1O)C(O)CCCCCCCCCCCC. The fourth-order valence-corrected chi connectivity index (χ4v) is 7.83. The monoisotopic (exact) mass is 874 g/mol. The van der Waals surface area contributed by atoms with Crippen LogP contribution >= 0.6 is 0 Å². The molecule has 1 heterocycles. The number of amides is 1. The molecule has 1 saturated heterocycles. The zero-order valence-electron chi connectivity index (χ0n) is 39.6. The second-order valence-electron chi connectivity index (χ2n) is 17.6. The van der Waals surface area contributed by atoms with Gasteiger partial charge in [-0.1, -0.05) is 209 Å². The number of unbranched alkanes of at least 4 members (excludes halogenated alkanes) is 22. The van der Waals surface area contributed by atoms with E-state index in [4.69, 9.17) is 9.47 Å². The number of aliphatic hydroxyl groups is 5. The highest BCUT2D eigenvalue weighted by Gasteiger charge is 2.44. The largest absolute Gasteiger partial charge is 0.394 e. The van der Waals surface area contributed by atoms with Gasteiger partial charge in [0.1, 0.15) is 24.4 Å². The van der Waals surface area contributed by atoms with Crippen molar-refractivity contribution in [3.05, 3.63) is 60.8 Å². The Labute approximate surface area is 379 Å². The lowest BCUT2D eigenvalue weighted by atomic mass is 9.99. The Kier molecular flexibility index (Phi) is 40.0. The molecule has 7 atom stereocenters. The van der Waals surface area contributed by atoms with Crippen molar-refractivity contribution in [2.75, 3.05) is 13.2 Å². The van der Waals surface area contributed by atoms with Gasteiger partial charge in [0.2, 0.25) is 5.91 Å². The maximum absolute atomic E-state index is 13.0. The van der Waals surface area contributed by atoms with Gasteiger partial charge in [-0.25, -0.2) is 0 Å². The minimum Gasteiger partial charge on any atom is -0.394 e. The van der Waals surface area contributed by atoms with Crippen LogP contribution < -0.4 is 5.32 Å². The van der Waals surface area contributed by atoms with E-state index in [1.54, 1.807) is 0 Å². The number of allylic oxidation sites excluding steroid dienone is 10. The molecule has 9 nitrogen and oxygen atoms in total. The Hall–Kier alpha value is -2.11. The van der Waals surface area contributed by atoms with E-state index in [2.05, 4.69) is 79.9 Å². The van der Waals surface area contributed by atoms with Gasteiger partial charge in [0, 0.05) is 6.42 Å². The smallest absolute Gasteiger partial charge is 0.220 e. The average molecular weight is 874 g/mol. The number of aliphatic hydroxyl groups excluding tert-OH is 5. The van der Waals surface area contributed by atoms with Crippen LogP contribution in [0.4, 0.5) is 0 Å². The molecule has 62 heavy (non-hydrogen) atoms. The summed E-state index contributed by atoms with van der Waals surface area (Å²) >= 11 is 0. The molecule has 0 aromatic carbocycles. The molecule has 0 aliphatic carbocycles. The van der Waals surface area contributed by atoms with Crippen molar-refractivity contribution in [2.45, 2.75) is 256 Å². The van der Waals surface area contributed by atoms with Crippen molar-refractivity contribution in [3.8, 4) is 0 Å². The first-order valence-electron chi connectivity index (χ1n) is 25.5. The molecule has 6 N–H and O–H groups in total. The van der Waals surface area contributed by atoms with E-state index in [0.717, 1.165) is 70.6 Å². The van der Waals surface area contributed by atoms with Gasteiger partial charge in [-0.3, -0.25) is 4.79 Å². The molecular weight excluding hydrogens is 779 g/mol. The van der Waals surface area contributed by atoms with E-state index in [-0.39, 0.29) is 12.5 Å². The fraction of sp³-hybridized carbons (Fsp3) is 0.792. The quantitative estimate of drug-likeness (QED) is 0.0262. The van der Waals surface area contributed by atoms with Crippen LogP contribution in [0.25, 0.3) is 0 Å². The molecule has 0 aromatic rings. The number of carbonyl (C=O) groups is 1. The third-order valence-corrected chi connectivity index (χ3v) is 11.9. The number of hydrogen-bond acceptors (Lipinski definition) is 8. The van der Waals surface area contributed by atoms with Gasteiger partial charge >= 0.3 is 0 Å². The lowest BCUT2D eigenvalue weighted by Crippen LogP contribution is -2.60. The second-order valence-corrected chi connectivity index (χ2v) is 17.6. The zero-order chi connectivity index (χ0) is 45.1. The normalized spacial score (nSPS) is 20.8. The Bertz CT molecular complexity index is 1150. The highest BCUT2D eigenvalue weighted by Crippen LogP contribution is 2.23. The summed E-state index contributed by atoms with van der Waals surface area (Å²) in [6, 6.07) is -0.719. The maximum Gasteiger partial charge on any atom is 0.220 e. The molecule has 360 valence electrons. The highest BCUT2D eigenvalue weighted by molar-refractivity contribution is 5.76. The molecule has 1 aliphatic rings. The van der Waals surface area contributed by atoms with Gasteiger partial charge in [-0.05, 0) is 57.8 Å². The van der Waals surface area contributed by atoms with Crippen molar-refractivity contribution < 1.29 is 39.8 Å². The van der Waals surface area contributed by atoms with Crippen molar-refractivity contribution in [2.24, 2.45) is 0 Å². The van der Waals surface area contributed by atoms with Crippen LogP contribution in [-0.2, 0) is 14.3 Å². The van der Waals surface area contributed by atoms with Crippen molar-refractivity contribution in [1.29, 1.82) is 0 Å². The summed E-state index contributed by atoms with van der Waals surface area (Å²) in [5.74, 6) is -0.149. The van der Waals surface area contributed by atoms with Crippen LogP contribution in [-0.4, -0.2) is 87.5 Å². The summed E-state index contributed by atoms with van der Waals surface area (Å²) in [6.45, 7) is 3.70. The van der Waals surface area contributed by atoms with Gasteiger partial charge in [0.05, 0.1) is 25.4 Å². The summed E-state index contributed by atoms with van der Waals surface area (Å²) in [4.78, 5) is 13.0. The molecule has 1 amide bonds. The van der Waals surface area contributed by atoms with Gasteiger partial charge in [0.15, 0.2) is 6.29 Å². The molecule has 0 radical (unpaired) electrons. The van der Waals surface area contributed by atoms with Crippen LogP contribution in [0.1, 0.15) is 213 Å². The number of carbonyl (C=O) groups excluding carboxylic acids is 1. The van der Waals surface area contributed by atoms with Crippen molar-refractivity contribution in [1.82, 2.24) is 5.32 Å². The summed E-state index contributed by atoms with van der Waals surface area (Å²) in [5.41, 5.74) is 0. The molecule has 1 fully saturated rings. The summed E-state index contributed by atoms with van der Waals surface area (Å²) in [6.07, 6.45) is 49.6.